The minimum absolute atomic E-state index is 0.609. The van der Waals surface area contributed by atoms with Crippen molar-refractivity contribution in [3.8, 4) is 0 Å². The summed E-state index contributed by atoms with van der Waals surface area (Å²) in [5.74, 6) is 0. The van der Waals surface area contributed by atoms with Gasteiger partial charge in [-0.25, -0.2) is 0 Å². The molecule has 38 valence electrons. The fourth-order valence-corrected chi connectivity index (χ4v) is 0.633. The number of hydrogen-bond acceptors (Lipinski definition) is 1. The highest BCUT2D eigenvalue weighted by Crippen LogP contribution is 2.26. The van der Waals surface area contributed by atoms with E-state index in [0.717, 1.165) is 6.42 Å². The molecular formula is C6H9N. The first kappa shape index (κ1) is 4.63. The van der Waals surface area contributed by atoms with E-state index in [-0.39, 0.29) is 0 Å². The zero-order valence-electron chi connectivity index (χ0n) is 4.49. The molecule has 1 aliphatic carbocycles. The Labute approximate surface area is 43.7 Å². The normalized spacial score (nSPS) is 27.0. The third-order valence-electron chi connectivity index (χ3n) is 1.26. The number of rotatable bonds is 1. The Kier molecular flexibility index (Phi) is 1.01. The Morgan fingerprint density at radius 3 is 2.86 bits per heavy atom. The predicted octanol–water partition coefficient (Wildman–Crippen LogP) is 0.689. The van der Waals surface area contributed by atoms with E-state index in [1.165, 1.54) is 5.57 Å². The van der Waals surface area contributed by atoms with Crippen LogP contribution in [-0.4, -0.2) is 13.1 Å². The maximum Gasteiger partial charge on any atom is 0.0397 e. The van der Waals surface area contributed by atoms with Gasteiger partial charge in [-0.2, -0.15) is 0 Å². The molecule has 1 atom stereocenters. The van der Waals surface area contributed by atoms with Crippen LogP contribution in [0.4, 0.5) is 0 Å². The first-order valence-corrected chi connectivity index (χ1v) is 2.44. The third-order valence-corrected chi connectivity index (χ3v) is 1.26. The Bertz CT molecular complexity index is 120. The molecule has 0 saturated heterocycles. The van der Waals surface area contributed by atoms with E-state index < -0.39 is 0 Å². The van der Waals surface area contributed by atoms with Crippen LogP contribution in [0.15, 0.2) is 17.9 Å². The van der Waals surface area contributed by atoms with Gasteiger partial charge in [0.25, 0.3) is 0 Å². The van der Waals surface area contributed by atoms with Crippen LogP contribution in [0.2, 0.25) is 0 Å². The molecule has 1 saturated carbocycles. The summed E-state index contributed by atoms with van der Waals surface area (Å²) in [5, 5.41) is 3.10. The maximum atomic E-state index is 3.52. The van der Waals surface area contributed by atoms with Gasteiger partial charge in [-0.1, -0.05) is 6.58 Å². The lowest BCUT2D eigenvalue weighted by Gasteiger charge is -1.81. The van der Waals surface area contributed by atoms with E-state index in [0.29, 0.717) is 6.04 Å². The lowest BCUT2D eigenvalue weighted by atomic mass is 10.6. The van der Waals surface area contributed by atoms with Crippen molar-refractivity contribution in [2.45, 2.75) is 12.5 Å². The molecule has 1 fully saturated rings. The molecule has 0 aliphatic heterocycles. The van der Waals surface area contributed by atoms with Gasteiger partial charge in [0.2, 0.25) is 0 Å². The molecule has 0 aromatic carbocycles. The highest BCUT2D eigenvalue weighted by molar-refractivity contribution is 5.26. The largest absolute Gasteiger partial charge is 0.312 e. The van der Waals surface area contributed by atoms with E-state index in [1.54, 1.807) is 0 Å². The first-order valence-electron chi connectivity index (χ1n) is 2.44. The van der Waals surface area contributed by atoms with E-state index >= 15 is 0 Å². The van der Waals surface area contributed by atoms with Gasteiger partial charge in [0.15, 0.2) is 0 Å². The molecule has 0 bridgehead atoms. The van der Waals surface area contributed by atoms with Crippen molar-refractivity contribution in [1.82, 2.24) is 5.32 Å². The third kappa shape index (κ3) is 0.738. The monoisotopic (exact) mass is 95.1 g/mol. The summed E-state index contributed by atoms with van der Waals surface area (Å²) in [6, 6.07) is 0.609. The summed E-state index contributed by atoms with van der Waals surface area (Å²) < 4.78 is 0. The Balaban J connectivity index is 2.45. The van der Waals surface area contributed by atoms with Gasteiger partial charge in [0.1, 0.15) is 0 Å². The molecule has 0 aromatic rings. The molecule has 1 aliphatic rings. The molecular weight excluding hydrogens is 86.1 g/mol. The summed E-state index contributed by atoms with van der Waals surface area (Å²) >= 11 is 0. The van der Waals surface area contributed by atoms with Crippen molar-refractivity contribution in [3.05, 3.63) is 17.9 Å². The molecule has 1 rings (SSSR count). The van der Waals surface area contributed by atoms with Gasteiger partial charge >= 0.3 is 0 Å². The van der Waals surface area contributed by atoms with Gasteiger partial charge < -0.3 is 5.32 Å². The molecule has 0 heterocycles. The minimum Gasteiger partial charge on any atom is -0.312 e. The van der Waals surface area contributed by atoms with Gasteiger partial charge in [0.05, 0.1) is 0 Å². The van der Waals surface area contributed by atoms with Crippen LogP contribution in [0.25, 0.3) is 0 Å². The average Bonchev–Trinajstić information content (AvgIpc) is 2.43. The van der Waals surface area contributed by atoms with Crippen molar-refractivity contribution in [3.63, 3.8) is 0 Å². The van der Waals surface area contributed by atoms with Crippen molar-refractivity contribution in [2.24, 2.45) is 0 Å². The molecule has 0 aromatic heterocycles. The highest BCUT2D eigenvalue weighted by Gasteiger charge is 2.26. The van der Waals surface area contributed by atoms with Gasteiger partial charge in [0, 0.05) is 6.04 Å². The van der Waals surface area contributed by atoms with E-state index in [1.807, 2.05) is 7.05 Å². The molecule has 1 N–H and O–H groups in total. The second kappa shape index (κ2) is 1.53. The Morgan fingerprint density at radius 2 is 2.71 bits per heavy atom. The molecule has 0 amide bonds. The molecule has 1 heteroatoms. The van der Waals surface area contributed by atoms with Crippen LogP contribution in [0.1, 0.15) is 6.42 Å². The minimum atomic E-state index is 0.609. The summed E-state index contributed by atoms with van der Waals surface area (Å²) in [7, 11) is 1.95. The van der Waals surface area contributed by atoms with Crippen molar-refractivity contribution < 1.29 is 0 Å². The quantitative estimate of drug-likeness (QED) is 0.472. The number of nitrogens with one attached hydrogen (secondary N) is 1. The lowest BCUT2D eigenvalue weighted by Crippen LogP contribution is -2.07. The average molecular weight is 95.1 g/mol. The molecule has 1 nitrogen and oxygen atoms in total. The lowest BCUT2D eigenvalue weighted by molar-refractivity contribution is 0.831. The van der Waals surface area contributed by atoms with Gasteiger partial charge in [-0.3, -0.25) is 0 Å². The molecule has 0 radical (unpaired) electrons. The fraction of sp³-hybridized carbons (Fsp3) is 0.500. The number of likely N-dealkylation sites (N-methyl/N-ethyl adjacent to an activating group) is 1. The zero-order valence-corrected chi connectivity index (χ0v) is 4.49. The second-order valence-electron chi connectivity index (χ2n) is 1.75. The molecule has 7 heavy (non-hydrogen) atoms. The maximum absolute atomic E-state index is 3.52. The van der Waals surface area contributed by atoms with Crippen molar-refractivity contribution >= 4 is 0 Å². The predicted molar refractivity (Wildman–Crippen MR) is 30.1 cm³/mol. The van der Waals surface area contributed by atoms with Crippen LogP contribution in [0.5, 0.6) is 0 Å². The summed E-state index contributed by atoms with van der Waals surface area (Å²) in [6.07, 6.45) is 1.15. The van der Waals surface area contributed by atoms with Gasteiger partial charge in [-0.15, -0.1) is 5.73 Å². The van der Waals surface area contributed by atoms with E-state index in [4.69, 9.17) is 0 Å². The van der Waals surface area contributed by atoms with Gasteiger partial charge in [-0.05, 0) is 19.0 Å². The summed E-state index contributed by atoms with van der Waals surface area (Å²) in [6.45, 7) is 3.52. The van der Waals surface area contributed by atoms with Crippen molar-refractivity contribution in [1.29, 1.82) is 0 Å². The fourth-order valence-electron chi connectivity index (χ4n) is 0.633. The van der Waals surface area contributed by atoms with E-state index in [2.05, 4.69) is 17.6 Å². The number of hydrogen-bond donors (Lipinski definition) is 1. The second-order valence-corrected chi connectivity index (χ2v) is 1.75. The van der Waals surface area contributed by atoms with Crippen LogP contribution in [0.3, 0.4) is 0 Å². The topological polar surface area (TPSA) is 12.0 Å². The molecule has 0 spiro atoms. The van der Waals surface area contributed by atoms with Crippen LogP contribution in [0, 0.1) is 0 Å². The Hall–Kier alpha value is -0.520. The zero-order chi connectivity index (χ0) is 5.28. The SMILES string of the molecule is C=C=C1CC1NC. The van der Waals surface area contributed by atoms with Crippen LogP contribution in [-0.2, 0) is 0 Å². The summed E-state index contributed by atoms with van der Waals surface area (Å²) in [5.41, 5.74) is 4.17. The highest BCUT2D eigenvalue weighted by atomic mass is 14.9. The van der Waals surface area contributed by atoms with Crippen LogP contribution >= 0.6 is 0 Å². The molecule has 1 unspecified atom stereocenters. The van der Waals surface area contributed by atoms with Crippen molar-refractivity contribution in [2.75, 3.05) is 7.05 Å². The van der Waals surface area contributed by atoms with E-state index in [9.17, 15) is 0 Å². The Morgan fingerprint density at radius 1 is 2.00 bits per heavy atom. The smallest absolute Gasteiger partial charge is 0.0397 e. The first-order chi connectivity index (χ1) is 3.38. The van der Waals surface area contributed by atoms with Crippen LogP contribution < -0.4 is 5.32 Å². The standard InChI is InChI=1S/C6H9N/c1-3-5-4-6(5)7-2/h6-7H,1,4H2,2H3. The summed E-state index contributed by atoms with van der Waals surface area (Å²) in [4.78, 5) is 0.